The number of pyridine rings is 1. The summed E-state index contributed by atoms with van der Waals surface area (Å²) in [6.45, 7) is 1.83. The molecule has 0 radical (unpaired) electrons. The van der Waals surface area contributed by atoms with Crippen LogP contribution in [-0.2, 0) is 0 Å². The molecule has 0 saturated carbocycles. The highest BCUT2D eigenvalue weighted by Gasteiger charge is 2.17. The number of hydrogen-bond donors (Lipinski definition) is 1. The van der Waals surface area contributed by atoms with Crippen LogP contribution in [0.15, 0.2) is 71.7 Å². The number of rotatable bonds is 4. The van der Waals surface area contributed by atoms with Gasteiger partial charge in [0, 0.05) is 6.20 Å². The first kappa shape index (κ1) is 20.2. The lowest BCUT2D eigenvalue weighted by molar-refractivity contribution is 0.459. The summed E-state index contributed by atoms with van der Waals surface area (Å²) >= 11 is 0. The van der Waals surface area contributed by atoms with Gasteiger partial charge in [-0.2, -0.15) is 10.2 Å². The molecular formula is C25H16FN5O2. The van der Waals surface area contributed by atoms with Gasteiger partial charge in [0.25, 0.3) is 5.56 Å². The van der Waals surface area contributed by atoms with E-state index < -0.39 is 11.4 Å². The van der Waals surface area contributed by atoms with Crippen molar-refractivity contribution < 1.29 is 9.13 Å². The number of H-pyrrole nitrogens is 1. The van der Waals surface area contributed by atoms with Crippen molar-refractivity contribution >= 4 is 28.3 Å². The highest BCUT2D eigenvalue weighted by Crippen LogP contribution is 2.26. The second-order valence-electron chi connectivity index (χ2n) is 7.35. The number of aromatic amines is 1. The lowest BCUT2D eigenvalue weighted by atomic mass is 10.1. The molecule has 1 N–H and O–H groups in total. The van der Waals surface area contributed by atoms with E-state index in [0.717, 1.165) is 11.1 Å². The summed E-state index contributed by atoms with van der Waals surface area (Å²) < 4.78 is 20.6. The first-order valence-corrected chi connectivity index (χ1v) is 10.1. The first-order chi connectivity index (χ1) is 16.0. The SMILES string of the molecule is Cc1cccn2c(=O)c(/C=C(\C#N)c3nc4ccccc4[nH]3)c(Oc3ccc(F)cc3)nc12. The molecule has 3 aromatic heterocycles. The molecule has 2 aromatic carbocycles. The van der Waals surface area contributed by atoms with Gasteiger partial charge in [-0.05, 0) is 61.0 Å². The van der Waals surface area contributed by atoms with Crippen molar-refractivity contribution in [3.05, 3.63) is 100.0 Å². The standard InChI is InChI=1S/C25H16FN5O2/c1-15-5-4-12-31-23(15)30-24(33-18-10-8-17(26)9-11-18)19(25(31)32)13-16(14-27)22-28-20-6-2-3-7-21(20)29-22/h2-13H,1H3,(H,28,29)/b16-13+. The van der Waals surface area contributed by atoms with Gasteiger partial charge in [0.15, 0.2) is 0 Å². The van der Waals surface area contributed by atoms with E-state index in [1.807, 2.05) is 37.3 Å². The molecule has 0 bridgehead atoms. The third-order valence-corrected chi connectivity index (χ3v) is 5.13. The van der Waals surface area contributed by atoms with Crippen LogP contribution in [0, 0.1) is 24.1 Å². The highest BCUT2D eigenvalue weighted by atomic mass is 19.1. The van der Waals surface area contributed by atoms with Gasteiger partial charge in [-0.1, -0.05) is 18.2 Å². The average Bonchev–Trinajstić information content (AvgIpc) is 3.25. The fraction of sp³-hybridized carbons (Fsp3) is 0.0400. The molecule has 5 aromatic rings. The number of allylic oxidation sites excluding steroid dienone is 1. The third-order valence-electron chi connectivity index (χ3n) is 5.13. The van der Waals surface area contributed by atoms with E-state index in [1.165, 1.54) is 34.7 Å². The fourth-order valence-electron chi connectivity index (χ4n) is 3.49. The average molecular weight is 437 g/mol. The van der Waals surface area contributed by atoms with Crippen molar-refractivity contribution in [3.8, 4) is 17.7 Å². The van der Waals surface area contributed by atoms with Gasteiger partial charge in [0.05, 0.1) is 16.6 Å². The zero-order chi connectivity index (χ0) is 22.9. The maximum Gasteiger partial charge on any atom is 0.269 e. The zero-order valence-electron chi connectivity index (χ0n) is 17.4. The number of imidazole rings is 1. The van der Waals surface area contributed by atoms with Crippen LogP contribution in [0.2, 0.25) is 0 Å². The molecule has 0 aliphatic heterocycles. The number of nitrogens with one attached hydrogen (secondary N) is 1. The van der Waals surface area contributed by atoms with Gasteiger partial charge in [0.1, 0.15) is 34.7 Å². The van der Waals surface area contributed by atoms with Gasteiger partial charge in [-0.25, -0.2) is 9.37 Å². The zero-order valence-corrected chi connectivity index (χ0v) is 17.4. The van der Waals surface area contributed by atoms with Crippen LogP contribution in [-0.4, -0.2) is 19.4 Å². The Bertz CT molecular complexity index is 1610. The predicted octanol–water partition coefficient (Wildman–Crippen LogP) is 4.87. The number of para-hydroxylation sites is 2. The summed E-state index contributed by atoms with van der Waals surface area (Å²) in [4.78, 5) is 25.5. The minimum atomic E-state index is -0.415. The van der Waals surface area contributed by atoms with E-state index in [-0.39, 0.29) is 17.0 Å². The van der Waals surface area contributed by atoms with Crippen molar-refractivity contribution in [2.45, 2.75) is 6.92 Å². The monoisotopic (exact) mass is 437 g/mol. The summed E-state index contributed by atoms with van der Waals surface area (Å²) in [5.74, 6) is 0.213. The largest absolute Gasteiger partial charge is 0.438 e. The summed E-state index contributed by atoms with van der Waals surface area (Å²) in [6.07, 6.45) is 3.00. The van der Waals surface area contributed by atoms with Crippen LogP contribution >= 0.6 is 0 Å². The normalized spacial score (nSPS) is 11.6. The van der Waals surface area contributed by atoms with Crippen molar-refractivity contribution in [3.63, 3.8) is 0 Å². The van der Waals surface area contributed by atoms with Crippen LogP contribution in [0.1, 0.15) is 17.0 Å². The number of fused-ring (bicyclic) bond motifs is 2. The quantitative estimate of drug-likeness (QED) is 0.405. The van der Waals surface area contributed by atoms with Gasteiger partial charge in [0.2, 0.25) is 5.88 Å². The Balaban J connectivity index is 1.72. The molecule has 8 heteroatoms. The van der Waals surface area contributed by atoms with Crippen LogP contribution in [0.25, 0.3) is 28.3 Å². The minimum absolute atomic E-state index is 0.00442. The molecule has 0 saturated heterocycles. The third kappa shape index (κ3) is 3.72. The Morgan fingerprint density at radius 2 is 1.91 bits per heavy atom. The fourth-order valence-corrected chi connectivity index (χ4v) is 3.49. The minimum Gasteiger partial charge on any atom is -0.438 e. The summed E-state index contributed by atoms with van der Waals surface area (Å²) in [5.41, 5.74) is 2.44. The summed E-state index contributed by atoms with van der Waals surface area (Å²) in [6, 6.07) is 18.4. The predicted molar refractivity (Wildman–Crippen MR) is 122 cm³/mol. The van der Waals surface area contributed by atoms with Crippen LogP contribution in [0.5, 0.6) is 11.6 Å². The van der Waals surface area contributed by atoms with E-state index in [2.05, 4.69) is 21.0 Å². The number of aromatic nitrogens is 4. The second-order valence-corrected chi connectivity index (χ2v) is 7.35. The lowest BCUT2D eigenvalue weighted by Crippen LogP contribution is -2.19. The van der Waals surface area contributed by atoms with E-state index in [1.54, 1.807) is 12.3 Å². The smallest absolute Gasteiger partial charge is 0.269 e. The maximum absolute atomic E-state index is 13.4. The van der Waals surface area contributed by atoms with E-state index in [4.69, 9.17) is 4.74 Å². The lowest BCUT2D eigenvalue weighted by Gasteiger charge is -2.11. The van der Waals surface area contributed by atoms with Crippen molar-refractivity contribution in [1.82, 2.24) is 19.4 Å². The van der Waals surface area contributed by atoms with Gasteiger partial charge >= 0.3 is 0 Å². The Kier molecular flexibility index (Phi) is 4.92. The van der Waals surface area contributed by atoms with Gasteiger partial charge in [-0.15, -0.1) is 0 Å². The number of benzene rings is 2. The number of halogens is 1. The molecule has 0 aliphatic rings. The van der Waals surface area contributed by atoms with Crippen LogP contribution < -0.4 is 10.3 Å². The highest BCUT2D eigenvalue weighted by molar-refractivity contribution is 5.91. The Morgan fingerprint density at radius 3 is 2.67 bits per heavy atom. The number of nitrogens with zero attached hydrogens (tertiary/aromatic N) is 4. The van der Waals surface area contributed by atoms with E-state index in [9.17, 15) is 14.4 Å². The van der Waals surface area contributed by atoms with Gasteiger partial charge < -0.3 is 9.72 Å². The van der Waals surface area contributed by atoms with Gasteiger partial charge in [-0.3, -0.25) is 9.20 Å². The molecular weight excluding hydrogens is 421 g/mol. The molecule has 0 unspecified atom stereocenters. The second kappa shape index (κ2) is 8.05. The van der Waals surface area contributed by atoms with Crippen LogP contribution in [0.4, 0.5) is 4.39 Å². The summed E-state index contributed by atoms with van der Waals surface area (Å²) in [7, 11) is 0. The molecule has 5 rings (SSSR count). The van der Waals surface area contributed by atoms with Crippen molar-refractivity contribution in [2.75, 3.05) is 0 Å². The molecule has 0 fully saturated rings. The summed E-state index contributed by atoms with van der Waals surface area (Å²) in [5, 5.41) is 9.84. The molecule has 160 valence electrons. The molecule has 3 heterocycles. The molecule has 0 spiro atoms. The van der Waals surface area contributed by atoms with E-state index >= 15 is 0 Å². The number of aryl methyl sites for hydroxylation is 1. The number of hydrogen-bond acceptors (Lipinski definition) is 5. The molecule has 0 amide bonds. The Morgan fingerprint density at radius 1 is 1.12 bits per heavy atom. The Labute approximate surface area is 187 Å². The van der Waals surface area contributed by atoms with E-state index in [0.29, 0.717) is 22.7 Å². The van der Waals surface area contributed by atoms with Crippen LogP contribution in [0.3, 0.4) is 0 Å². The molecule has 33 heavy (non-hydrogen) atoms. The Hall–Kier alpha value is -4.77. The van der Waals surface area contributed by atoms with Crippen molar-refractivity contribution in [2.24, 2.45) is 0 Å². The van der Waals surface area contributed by atoms with Crippen molar-refractivity contribution in [1.29, 1.82) is 5.26 Å². The molecule has 7 nitrogen and oxygen atoms in total. The number of nitriles is 1. The maximum atomic E-state index is 13.4. The molecule has 0 atom stereocenters. The topological polar surface area (TPSA) is 96.1 Å². The molecule has 0 aliphatic carbocycles. The first-order valence-electron chi connectivity index (χ1n) is 10.1. The number of ether oxygens (including phenoxy) is 1.